The molecule has 3 nitrogen and oxygen atoms in total. The molecule has 1 saturated carbocycles. The first-order chi connectivity index (χ1) is 7.25. The van der Waals surface area contributed by atoms with Crippen LogP contribution in [0, 0.1) is 16.7 Å². The van der Waals surface area contributed by atoms with Gasteiger partial charge in [-0.3, -0.25) is 4.79 Å². The van der Waals surface area contributed by atoms with Crippen LogP contribution in [-0.2, 0) is 4.79 Å². The summed E-state index contributed by atoms with van der Waals surface area (Å²) in [5, 5.41) is 6.33. The van der Waals surface area contributed by atoms with Gasteiger partial charge < -0.3 is 10.6 Å². The maximum atomic E-state index is 12.0. The predicted molar refractivity (Wildman–Crippen MR) is 74.4 cm³/mol. The lowest BCUT2D eigenvalue weighted by molar-refractivity contribution is -0.123. The number of amides is 1. The van der Waals surface area contributed by atoms with E-state index in [0.29, 0.717) is 6.04 Å². The van der Waals surface area contributed by atoms with Crippen molar-refractivity contribution in [3.63, 3.8) is 0 Å². The van der Waals surface area contributed by atoms with E-state index in [0.717, 1.165) is 13.1 Å². The summed E-state index contributed by atoms with van der Waals surface area (Å²) in [5.41, 5.74) is 0.275. The number of carbonyl (C=O) groups is 1. The monoisotopic (exact) mass is 262 g/mol. The average Bonchev–Trinajstić information content (AvgIpc) is 2.54. The van der Waals surface area contributed by atoms with Gasteiger partial charge >= 0.3 is 0 Å². The number of rotatable bonds is 5. The van der Waals surface area contributed by atoms with Crippen molar-refractivity contribution in [1.82, 2.24) is 10.6 Å². The Balaban J connectivity index is 0.00000256. The van der Waals surface area contributed by atoms with Gasteiger partial charge in [-0.2, -0.15) is 0 Å². The summed E-state index contributed by atoms with van der Waals surface area (Å²) in [6, 6.07) is 0.346. The first kappa shape index (κ1) is 16.7. The Bertz CT molecular complexity index is 263. The highest BCUT2D eigenvalue weighted by atomic mass is 35.5. The molecule has 4 heteroatoms. The molecule has 0 unspecified atom stereocenters. The minimum absolute atomic E-state index is 0. The predicted octanol–water partition coefficient (Wildman–Crippen LogP) is 2.20. The van der Waals surface area contributed by atoms with E-state index in [4.69, 9.17) is 0 Å². The zero-order chi connectivity index (χ0) is 12.6. The van der Waals surface area contributed by atoms with Crippen molar-refractivity contribution in [3.05, 3.63) is 0 Å². The van der Waals surface area contributed by atoms with Crippen LogP contribution in [0.5, 0.6) is 0 Å². The third kappa shape index (κ3) is 3.14. The lowest BCUT2D eigenvalue weighted by Gasteiger charge is -2.13. The Morgan fingerprint density at radius 2 is 1.71 bits per heavy atom. The zero-order valence-corrected chi connectivity index (χ0v) is 12.7. The summed E-state index contributed by atoms with van der Waals surface area (Å²) in [4.78, 5) is 12.0. The van der Waals surface area contributed by atoms with Crippen molar-refractivity contribution in [2.45, 2.75) is 47.6 Å². The molecule has 1 fully saturated rings. The van der Waals surface area contributed by atoms with E-state index < -0.39 is 0 Å². The van der Waals surface area contributed by atoms with Crippen LogP contribution in [0.2, 0.25) is 0 Å². The van der Waals surface area contributed by atoms with Crippen LogP contribution in [0.25, 0.3) is 0 Å². The number of hydrogen-bond acceptors (Lipinski definition) is 2. The second-order valence-corrected chi connectivity index (χ2v) is 6.08. The number of halogens is 1. The van der Waals surface area contributed by atoms with Gasteiger partial charge in [-0.25, -0.2) is 0 Å². The number of nitrogens with one attached hydrogen (secondary N) is 2. The quantitative estimate of drug-likeness (QED) is 0.798. The van der Waals surface area contributed by atoms with E-state index in [2.05, 4.69) is 52.2 Å². The van der Waals surface area contributed by atoms with Crippen LogP contribution in [-0.4, -0.2) is 25.0 Å². The number of hydrogen-bond donors (Lipinski definition) is 2. The third-order valence-corrected chi connectivity index (χ3v) is 4.42. The normalized spacial score (nSPS) is 22.5. The fourth-order valence-electron chi connectivity index (χ4n) is 2.63. The fourth-order valence-corrected chi connectivity index (χ4v) is 2.63. The van der Waals surface area contributed by atoms with Crippen LogP contribution in [0.15, 0.2) is 0 Å². The molecule has 0 bridgehead atoms. The Morgan fingerprint density at radius 3 is 2.06 bits per heavy atom. The van der Waals surface area contributed by atoms with Crippen LogP contribution in [0.1, 0.15) is 41.5 Å². The van der Waals surface area contributed by atoms with Crippen molar-refractivity contribution in [3.8, 4) is 0 Å². The van der Waals surface area contributed by atoms with Gasteiger partial charge in [-0.15, -0.1) is 12.4 Å². The van der Waals surface area contributed by atoms with E-state index in [-0.39, 0.29) is 35.1 Å². The first-order valence-electron chi connectivity index (χ1n) is 6.26. The smallest absolute Gasteiger partial charge is 0.224 e. The Labute approximate surface area is 112 Å². The third-order valence-electron chi connectivity index (χ3n) is 4.42. The molecule has 0 aromatic carbocycles. The van der Waals surface area contributed by atoms with Crippen molar-refractivity contribution < 1.29 is 4.79 Å². The van der Waals surface area contributed by atoms with E-state index >= 15 is 0 Å². The Morgan fingerprint density at radius 1 is 1.24 bits per heavy atom. The van der Waals surface area contributed by atoms with E-state index in [9.17, 15) is 4.79 Å². The van der Waals surface area contributed by atoms with Gasteiger partial charge in [0, 0.05) is 18.5 Å². The van der Waals surface area contributed by atoms with Gasteiger partial charge in [-0.1, -0.05) is 34.6 Å². The van der Waals surface area contributed by atoms with Gasteiger partial charge in [-0.05, 0) is 24.3 Å². The molecule has 1 atom stereocenters. The maximum Gasteiger partial charge on any atom is 0.224 e. The lowest BCUT2D eigenvalue weighted by Crippen LogP contribution is -2.40. The molecule has 0 spiro atoms. The van der Waals surface area contributed by atoms with E-state index in [1.165, 1.54) is 0 Å². The summed E-state index contributed by atoms with van der Waals surface area (Å²) >= 11 is 0. The second-order valence-electron chi connectivity index (χ2n) is 6.08. The largest absolute Gasteiger partial charge is 0.354 e. The SMILES string of the molecule is CCN[C@H](C)CNC(=O)C1C(C)(C)C1(C)C.Cl. The molecule has 1 rings (SSSR count). The van der Waals surface area contributed by atoms with Gasteiger partial charge in [0.15, 0.2) is 0 Å². The van der Waals surface area contributed by atoms with Crippen molar-refractivity contribution in [2.75, 3.05) is 13.1 Å². The maximum absolute atomic E-state index is 12.0. The molecule has 0 radical (unpaired) electrons. The molecule has 1 amide bonds. The minimum Gasteiger partial charge on any atom is -0.354 e. The summed E-state index contributed by atoms with van der Waals surface area (Å²) in [5.74, 6) is 0.369. The van der Waals surface area contributed by atoms with Crippen LogP contribution in [0.3, 0.4) is 0 Å². The molecule has 0 aromatic rings. The topological polar surface area (TPSA) is 41.1 Å². The van der Waals surface area contributed by atoms with Crippen LogP contribution < -0.4 is 10.6 Å². The molecule has 0 saturated heterocycles. The lowest BCUT2D eigenvalue weighted by atomic mass is 10.0. The standard InChI is InChI=1S/C13H26N2O.ClH/c1-7-14-9(2)8-15-11(16)10-12(3,4)13(10,5)6;/h9-10,14H,7-8H2,1-6H3,(H,15,16);1H/t9-;/m1./s1. The van der Waals surface area contributed by atoms with Gasteiger partial charge in [0.1, 0.15) is 0 Å². The Kier molecular flexibility index (Phi) is 5.48. The zero-order valence-electron chi connectivity index (χ0n) is 11.9. The van der Waals surface area contributed by atoms with Crippen LogP contribution in [0.4, 0.5) is 0 Å². The van der Waals surface area contributed by atoms with E-state index in [1.54, 1.807) is 0 Å². The highest BCUT2D eigenvalue weighted by molar-refractivity contribution is 5.85. The Hall–Kier alpha value is -0.280. The minimum atomic E-state index is 0. The average molecular weight is 263 g/mol. The molecule has 2 N–H and O–H groups in total. The summed E-state index contributed by atoms with van der Waals surface area (Å²) < 4.78 is 0. The number of likely N-dealkylation sites (N-methyl/N-ethyl adjacent to an activating group) is 1. The highest BCUT2D eigenvalue weighted by Gasteiger charge is 2.68. The van der Waals surface area contributed by atoms with Gasteiger partial charge in [0.05, 0.1) is 0 Å². The van der Waals surface area contributed by atoms with Crippen molar-refractivity contribution >= 4 is 18.3 Å². The van der Waals surface area contributed by atoms with E-state index in [1.807, 2.05) is 0 Å². The molecule has 1 aliphatic rings. The molecule has 102 valence electrons. The fraction of sp³-hybridized carbons (Fsp3) is 0.923. The molecular weight excluding hydrogens is 236 g/mol. The summed E-state index contributed by atoms with van der Waals surface area (Å²) in [6.45, 7) is 14.5. The summed E-state index contributed by atoms with van der Waals surface area (Å²) in [6.07, 6.45) is 0. The number of carbonyl (C=O) groups excluding carboxylic acids is 1. The highest BCUT2D eigenvalue weighted by Crippen LogP contribution is 2.68. The molecule has 1 aliphatic carbocycles. The van der Waals surface area contributed by atoms with Crippen molar-refractivity contribution in [1.29, 1.82) is 0 Å². The molecule has 0 aliphatic heterocycles. The van der Waals surface area contributed by atoms with Crippen molar-refractivity contribution in [2.24, 2.45) is 16.7 Å². The first-order valence-corrected chi connectivity index (χ1v) is 6.26. The second kappa shape index (κ2) is 5.57. The molecular formula is C13H27ClN2O. The molecule has 0 aromatic heterocycles. The van der Waals surface area contributed by atoms with Crippen LogP contribution >= 0.6 is 12.4 Å². The molecule has 0 heterocycles. The summed E-state index contributed by atoms with van der Waals surface area (Å²) in [7, 11) is 0. The van der Waals surface area contributed by atoms with Gasteiger partial charge in [0.25, 0.3) is 0 Å². The van der Waals surface area contributed by atoms with Gasteiger partial charge in [0.2, 0.25) is 5.91 Å². The molecule has 17 heavy (non-hydrogen) atoms.